The third-order valence-corrected chi connectivity index (χ3v) is 5.93. The average Bonchev–Trinajstić information content (AvgIpc) is 3.18. The Kier molecular flexibility index (Phi) is 5.19. The third-order valence-electron chi connectivity index (χ3n) is 5.69. The maximum Gasteiger partial charge on any atom is 0.290 e. The number of likely N-dealkylation sites (tertiary alicyclic amines) is 1. The number of carbonyl (C=O) groups excluding carboxylic acids is 1. The number of furan rings is 1. The van der Waals surface area contributed by atoms with Crippen molar-refractivity contribution >= 4 is 28.5 Å². The number of nitrogens with zero attached hydrogens (tertiary/aromatic N) is 2. The molecule has 2 saturated heterocycles. The predicted octanol–water partition coefficient (Wildman–Crippen LogP) is 4.11. The first-order valence-corrected chi connectivity index (χ1v) is 10.2. The molecule has 0 spiro atoms. The summed E-state index contributed by atoms with van der Waals surface area (Å²) in [5.74, 6) is 0.444. The number of ether oxygens (including phenoxy) is 1. The lowest BCUT2D eigenvalue weighted by Crippen LogP contribution is -2.50. The van der Waals surface area contributed by atoms with Crippen LogP contribution in [0.5, 0.6) is 0 Å². The Balaban J connectivity index is 1.53. The highest BCUT2D eigenvalue weighted by Crippen LogP contribution is 2.30. The van der Waals surface area contributed by atoms with Crippen LogP contribution < -0.4 is 0 Å². The van der Waals surface area contributed by atoms with Crippen LogP contribution in [-0.4, -0.2) is 60.1 Å². The fourth-order valence-electron chi connectivity index (χ4n) is 4.55. The Labute approximate surface area is 165 Å². The Morgan fingerprint density at radius 2 is 2.00 bits per heavy atom. The van der Waals surface area contributed by atoms with Gasteiger partial charge in [0.1, 0.15) is 5.58 Å². The molecule has 1 amide bonds. The minimum atomic E-state index is -0.00308. The highest BCUT2D eigenvalue weighted by molar-refractivity contribution is 6.31. The molecule has 1 aromatic carbocycles. The summed E-state index contributed by atoms with van der Waals surface area (Å²) in [7, 11) is 0. The van der Waals surface area contributed by atoms with Gasteiger partial charge in [-0.15, -0.1) is 0 Å². The van der Waals surface area contributed by atoms with E-state index in [1.54, 1.807) is 6.07 Å². The lowest BCUT2D eigenvalue weighted by molar-refractivity contribution is -0.0715. The van der Waals surface area contributed by atoms with Crippen LogP contribution in [0.4, 0.5) is 0 Å². The number of rotatable bonds is 3. The van der Waals surface area contributed by atoms with E-state index in [1.165, 1.54) is 0 Å². The van der Waals surface area contributed by atoms with Gasteiger partial charge in [-0.3, -0.25) is 9.69 Å². The molecule has 2 fully saturated rings. The average molecular weight is 391 g/mol. The van der Waals surface area contributed by atoms with Gasteiger partial charge in [0.25, 0.3) is 5.91 Å². The summed E-state index contributed by atoms with van der Waals surface area (Å²) in [4.78, 5) is 17.7. The number of amides is 1. The molecule has 0 N–H and O–H groups in total. The first kappa shape index (κ1) is 18.8. The van der Waals surface area contributed by atoms with E-state index in [0.717, 1.165) is 50.0 Å². The first-order chi connectivity index (χ1) is 12.9. The molecule has 27 heavy (non-hydrogen) atoms. The largest absolute Gasteiger partial charge is 0.451 e. The van der Waals surface area contributed by atoms with Gasteiger partial charge >= 0.3 is 0 Å². The van der Waals surface area contributed by atoms with Gasteiger partial charge in [-0.1, -0.05) is 11.6 Å². The maximum absolute atomic E-state index is 13.3. The number of carbonyl (C=O) groups is 1. The molecular weight excluding hydrogens is 364 g/mol. The number of fused-ring (bicyclic) bond motifs is 1. The summed E-state index contributed by atoms with van der Waals surface area (Å²) in [6.45, 7) is 9.69. The molecule has 3 heterocycles. The summed E-state index contributed by atoms with van der Waals surface area (Å²) < 4.78 is 11.8. The van der Waals surface area contributed by atoms with Crippen LogP contribution in [0.25, 0.3) is 11.0 Å². The molecular formula is C21H27ClN2O3. The Hall–Kier alpha value is -1.56. The molecule has 6 heteroatoms. The molecule has 0 aliphatic carbocycles. The van der Waals surface area contributed by atoms with E-state index in [9.17, 15) is 4.79 Å². The monoisotopic (exact) mass is 390 g/mol. The van der Waals surface area contributed by atoms with Crippen molar-refractivity contribution in [1.82, 2.24) is 9.80 Å². The van der Waals surface area contributed by atoms with E-state index in [2.05, 4.69) is 18.7 Å². The molecule has 4 rings (SSSR count). The smallest absolute Gasteiger partial charge is 0.290 e. The molecule has 3 atom stereocenters. The van der Waals surface area contributed by atoms with Gasteiger partial charge in [0.05, 0.1) is 12.2 Å². The quantitative estimate of drug-likeness (QED) is 0.791. The second-order valence-corrected chi connectivity index (χ2v) is 8.40. The summed E-state index contributed by atoms with van der Waals surface area (Å²) >= 11 is 6.11. The van der Waals surface area contributed by atoms with Crippen LogP contribution in [0.2, 0.25) is 5.02 Å². The van der Waals surface area contributed by atoms with E-state index in [1.807, 2.05) is 24.0 Å². The van der Waals surface area contributed by atoms with Crippen LogP contribution in [0.1, 0.15) is 42.8 Å². The third kappa shape index (κ3) is 3.73. The highest BCUT2D eigenvalue weighted by atomic mass is 35.5. The maximum atomic E-state index is 13.3. The number of hydrogen-bond acceptors (Lipinski definition) is 4. The molecule has 146 valence electrons. The van der Waals surface area contributed by atoms with Crippen molar-refractivity contribution in [3.8, 4) is 0 Å². The molecule has 2 aliphatic rings. The Morgan fingerprint density at radius 1 is 1.26 bits per heavy atom. The molecule has 0 saturated carbocycles. The number of morpholine rings is 1. The fraction of sp³-hybridized carbons (Fsp3) is 0.571. The second kappa shape index (κ2) is 7.46. The zero-order chi connectivity index (χ0) is 19.1. The van der Waals surface area contributed by atoms with Crippen LogP contribution in [-0.2, 0) is 4.74 Å². The van der Waals surface area contributed by atoms with E-state index in [-0.39, 0.29) is 24.2 Å². The van der Waals surface area contributed by atoms with Gasteiger partial charge in [0, 0.05) is 48.2 Å². The lowest BCUT2D eigenvalue weighted by Gasteiger charge is -2.38. The van der Waals surface area contributed by atoms with Gasteiger partial charge in [-0.05, 0) is 51.8 Å². The molecule has 5 nitrogen and oxygen atoms in total. The van der Waals surface area contributed by atoms with E-state index in [4.69, 9.17) is 20.8 Å². The van der Waals surface area contributed by atoms with E-state index in [0.29, 0.717) is 16.4 Å². The van der Waals surface area contributed by atoms with E-state index < -0.39 is 0 Å². The molecule has 0 bridgehead atoms. The van der Waals surface area contributed by atoms with Crippen molar-refractivity contribution in [2.75, 3.05) is 26.2 Å². The van der Waals surface area contributed by atoms with Gasteiger partial charge in [0.2, 0.25) is 0 Å². The number of aryl methyl sites for hydroxylation is 1. The molecule has 2 aliphatic heterocycles. The molecule has 0 radical (unpaired) electrons. The van der Waals surface area contributed by atoms with Crippen molar-refractivity contribution in [2.24, 2.45) is 0 Å². The van der Waals surface area contributed by atoms with Crippen molar-refractivity contribution in [1.29, 1.82) is 0 Å². The predicted molar refractivity (Wildman–Crippen MR) is 106 cm³/mol. The van der Waals surface area contributed by atoms with Crippen LogP contribution in [0.15, 0.2) is 22.6 Å². The minimum absolute atomic E-state index is 0.00308. The van der Waals surface area contributed by atoms with Crippen LogP contribution >= 0.6 is 11.6 Å². The molecule has 2 aromatic rings. The summed E-state index contributed by atoms with van der Waals surface area (Å²) in [6.07, 6.45) is 2.55. The minimum Gasteiger partial charge on any atom is -0.451 e. The topological polar surface area (TPSA) is 45.9 Å². The van der Waals surface area contributed by atoms with E-state index >= 15 is 0 Å². The van der Waals surface area contributed by atoms with Crippen LogP contribution in [0.3, 0.4) is 0 Å². The van der Waals surface area contributed by atoms with Gasteiger partial charge in [0.15, 0.2) is 5.76 Å². The second-order valence-electron chi connectivity index (χ2n) is 7.97. The molecule has 3 unspecified atom stereocenters. The van der Waals surface area contributed by atoms with Gasteiger partial charge in [-0.25, -0.2) is 0 Å². The summed E-state index contributed by atoms with van der Waals surface area (Å²) in [5.41, 5.74) is 1.59. The SMILES string of the molecule is Cc1c(C(=O)N2CCCC2CN2CC(C)OC(C)C2)oc2ccc(Cl)cc12. The van der Waals surface area contributed by atoms with Crippen LogP contribution in [0, 0.1) is 6.92 Å². The van der Waals surface area contributed by atoms with Crippen molar-refractivity contribution in [2.45, 2.75) is 51.9 Å². The summed E-state index contributed by atoms with van der Waals surface area (Å²) in [6, 6.07) is 5.72. The normalized spacial score (nSPS) is 26.8. The van der Waals surface area contributed by atoms with Gasteiger partial charge in [-0.2, -0.15) is 0 Å². The van der Waals surface area contributed by atoms with Crippen molar-refractivity contribution in [3.63, 3.8) is 0 Å². The van der Waals surface area contributed by atoms with Crippen molar-refractivity contribution < 1.29 is 13.9 Å². The standard InChI is InChI=1S/C21H27ClN2O3/c1-13-10-23(11-14(2)26-13)12-17-5-4-8-24(17)21(25)20-15(3)18-9-16(22)6-7-19(18)27-20/h6-7,9,13-14,17H,4-5,8,10-12H2,1-3H3. The highest BCUT2D eigenvalue weighted by Gasteiger charge is 2.35. The first-order valence-electron chi connectivity index (χ1n) is 9.80. The lowest BCUT2D eigenvalue weighted by atomic mass is 10.1. The zero-order valence-corrected chi connectivity index (χ0v) is 17.0. The number of benzene rings is 1. The fourth-order valence-corrected chi connectivity index (χ4v) is 4.72. The molecule has 1 aromatic heterocycles. The zero-order valence-electron chi connectivity index (χ0n) is 16.2. The van der Waals surface area contributed by atoms with Crippen molar-refractivity contribution in [3.05, 3.63) is 34.5 Å². The Morgan fingerprint density at radius 3 is 2.74 bits per heavy atom. The summed E-state index contributed by atoms with van der Waals surface area (Å²) in [5, 5.41) is 1.57. The Bertz CT molecular complexity index is 839. The number of hydrogen-bond donors (Lipinski definition) is 0. The van der Waals surface area contributed by atoms with Gasteiger partial charge < -0.3 is 14.1 Å². The number of halogens is 1.